The van der Waals surface area contributed by atoms with Crippen LogP contribution in [0.5, 0.6) is 0 Å². The zero-order chi connectivity index (χ0) is 14.0. The van der Waals surface area contributed by atoms with Gasteiger partial charge in [0.1, 0.15) is 5.76 Å². The minimum Gasteiger partial charge on any atom is -0.478 e. The first-order valence-corrected chi connectivity index (χ1v) is 6.05. The van der Waals surface area contributed by atoms with Crippen LogP contribution in [0.25, 0.3) is 0 Å². The van der Waals surface area contributed by atoms with E-state index in [1.165, 1.54) is 6.07 Å². The summed E-state index contributed by atoms with van der Waals surface area (Å²) in [7, 11) is 0. The Balaban J connectivity index is 2.17. The number of oxazole rings is 1. The Morgan fingerprint density at radius 1 is 1.47 bits per heavy atom. The molecule has 0 bridgehead atoms. The molecule has 0 radical (unpaired) electrons. The molecule has 0 saturated heterocycles. The molecular weight excluding hydrogens is 268 g/mol. The molecule has 0 fully saturated rings. The van der Waals surface area contributed by atoms with Crippen molar-refractivity contribution in [3.05, 3.63) is 46.1 Å². The molecule has 0 saturated carbocycles. The van der Waals surface area contributed by atoms with Crippen molar-refractivity contribution < 1.29 is 14.3 Å². The first kappa shape index (κ1) is 13.4. The van der Waals surface area contributed by atoms with Crippen molar-refractivity contribution in [3.63, 3.8) is 0 Å². The minimum atomic E-state index is -1.04. The van der Waals surface area contributed by atoms with Gasteiger partial charge in [-0.1, -0.05) is 11.6 Å². The second kappa shape index (κ2) is 5.32. The third kappa shape index (κ3) is 3.06. The molecule has 2 rings (SSSR count). The number of nitrogens with zero attached hydrogens (tertiary/aromatic N) is 1. The topological polar surface area (TPSA) is 75.4 Å². The van der Waals surface area contributed by atoms with Crippen LogP contribution in [0, 0.1) is 13.8 Å². The van der Waals surface area contributed by atoms with Gasteiger partial charge >= 0.3 is 5.97 Å². The molecule has 19 heavy (non-hydrogen) atoms. The van der Waals surface area contributed by atoms with Gasteiger partial charge in [0.2, 0.25) is 5.89 Å². The van der Waals surface area contributed by atoms with Crippen molar-refractivity contribution in [1.82, 2.24) is 4.98 Å². The van der Waals surface area contributed by atoms with Gasteiger partial charge in [-0.25, -0.2) is 9.78 Å². The lowest BCUT2D eigenvalue weighted by atomic mass is 10.2. The Labute approximate surface area is 115 Å². The molecule has 1 heterocycles. The number of hydrogen-bond acceptors (Lipinski definition) is 4. The molecule has 0 atom stereocenters. The Hall–Kier alpha value is -2.01. The number of anilines is 1. The van der Waals surface area contributed by atoms with E-state index in [0.29, 0.717) is 23.1 Å². The van der Waals surface area contributed by atoms with E-state index in [1.54, 1.807) is 12.1 Å². The van der Waals surface area contributed by atoms with Crippen LogP contribution >= 0.6 is 11.6 Å². The zero-order valence-corrected chi connectivity index (χ0v) is 11.3. The zero-order valence-electron chi connectivity index (χ0n) is 10.5. The monoisotopic (exact) mass is 280 g/mol. The first-order chi connectivity index (χ1) is 8.97. The van der Waals surface area contributed by atoms with Gasteiger partial charge in [-0.05, 0) is 32.0 Å². The van der Waals surface area contributed by atoms with Crippen LogP contribution < -0.4 is 5.32 Å². The highest BCUT2D eigenvalue weighted by atomic mass is 35.5. The predicted molar refractivity (Wildman–Crippen MR) is 71.7 cm³/mol. The maximum atomic E-state index is 11.1. The molecule has 0 aliphatic heterocycles. The van der Waals surface area contributed by atoms with Crippen LogP contribution in [0.3, 0.4) is 0 Å². The Morgan fingerprint density at radius 2 is 2.21 bits per heavy atom. The highest BCUT2D eigenvalue weighted by Gasteiger charge is 2.12. The first-order valence-electron chi connectivity index (χ1n) is 5.67. The molecule has 0 aliphatic carbocycles. The van der Waals surface area contributed by atoms with Crippen LogP contribution in [0.4, 0.5) is 5.69 Å². The van der Waals surface area contributed by atoms with Gasteiger partial charge in [-0.2, -0.15) is 0 Å². The molecular formula is C13H13ClN2O3. The molecule has 0 aliphatic rings. The fraction of sp³-hybridized carbons (Fsp3) is 0.231. The van der Waals surface area contributed by atoms with Crippen molar-refractivity contribution in [1.29, 1.82) is 0 Å². The second-order valence-electron chi connectivity index (χ2n) is 4.10. The summed E-state index contributed by atoms with van der Waals surface area (Å²) in [6, 6.07) is 4.65. The Kier molecular flexibility index (Phi) is 3.76. The summed E-state index contributed by atoms with van der Waals surface area (Å²) >= 11 is 5.78. The van der Waals surface area contributed by atoms with E-state index in [2.05, 4.69) is 10.3 Å². The maximum absolute atomic E-state index is 11.1. The summed E-state index contributed by atoms with van der Waals surface area (Å²) in [6.45, 7) is 4.00. The summed E-state index contributed by atoms with van der Waals surface area (Å²) in [5.41, 5.74) is 1.42. The average Bonchev–Trinajstić information content (AvgIpc) is 2.67. The third-order valence-corrected chi connectivity index (χ3v) is 2.95. The molecule has 0 unspecified atom stereocenters. The molecule has 1 aromatic carbocycles. The molecule has 6 heteroatoms. The van der Waals surface area contributed by atoms with Crippen molar-refractivity contribution in [2.75, 3.05) is 5.32 Å². The van der Waals surface area contributed by atoms with Gasteiger partial charge in [0.05, 0.1) is 17.8 Å². The van der Waals surface area contributed by atoms with Gasteiger partial charge < -0.3 is 14.8 Å². The van der Waals surface area contributed by atoms with Gasteiger partial charge in [0.15, 0.2) is 0 Å². The van der Waals surface area contributed by atoms with Crippen LogP contribution in [0.1, 0.15) is 27.7 Å². The van der Waals surface area contributed by atoms with Crippen LogP contribution in [0.2, 0.25) is 5.02 Å². The smallest absolute Gasteiger partial charge is 0.337 e. The predicted octanol–water partition coefficient (Wildman–Crippen LogP) is 3.26. The molecule has 1 aromatic heterocycles. The lowest BCUT2D eigenvalue weighted by molar-refractivity contribution is 0.0698. The van der Waals surface area contributed by atoms with E-state index >= 15 is 0 Å². The van der Waals surface area contributed by atoms with Crippen LogP contribution in [0.15, 0.2) is 22.6 Å². The number of aryl methyl sites for hydroxylation is 2. The number of benzene rings is 1. The number of aromatic nitrogens is 1. The molecule has 0 spiro atoms. The van der Waals surface area contributed by atoms with Crippen LogP contribution in [-0.2, 0) is 6.54 Å². The van der Waals surface area contributed by atoms with Crippen molar-refractivity contribution in [2.24, 2.45) is 0 Å². The SMILES string of the molecule is Cc1nc(CNc2ccc(Cl)cc2C(=O)O)oc1C. The summed E-state index contributed by atoms with van der Waals surface area (Å²) in [6.07, 6.45) is 0. The summed E-state index contributed by atoms with van der Waals surface area (Å²) < 4.78 is 5.41. The average molecular weight is 281 g/mol. The fourth-order valence-electron chi connectivity index (χ4n) is 1.63. The number of rotatable bonds is 4. The van der Waals surface area contributed by atoms with E-state index in [-0.39, 0.29) is 5.56 Å². The normalized spacial score (nSPS) is 10.5. The summed E-state index contributed by atoms with van der Waals surface area (Å²) in [5.74, 6) is 0.234. The number of nitrogens with one attached hydrogen (secondary N) is 1. The van der Waals surface area contributed by atoms with Crippen molar-refractivity contribution in [2.45, 2.75) is 20.4 Å². The second-order valence-corrected chi connectivity index (χ2v) is 4.53. The van der Waals surface area contributed by atoms with Gasteiger partial charge in [0, 0.05) is 10.7 Å². The lowest BCUT2D eigenvalue weighted by Gasteiger charge is -2.08. The quantitative estimate of drug-likeness (QED) is 0.899. The Bertz CT molecular complexity index is 603. The number of carbonyl (C=O) groups is 1. The Morgan fingerprint density at radius 3 is 2.79 bits per heavy atom. The number of halogens is 1. The van der Waals surface area contributed by atoms with E-state index < -0.39 is 5.97 Å². The maximum Gasteiger partial charge on any atom is 0.337 e. The highest BCUT2D eigenvalue weighted by Crippen LogP contribution is 2.21. The summed E-state index contributed by atoms with van der Waals surface area (Å²) in [4.78, 5) is 15.3. The number of hydrogen-bond donors (Lipinski definition) is 2. The largest absolute Gasteiger partial charge is 0.478 e. The van der Waals surface area contributed by atoms with E-state index in [4.69, 9.17) is 21.1 Å². The third-order valence-electron chi connectivity index (χ3n) is 2.71. The highest BCUT2D eigenvalue weighted by molar-refractivity contribution is 6.31. The van der Waals surface area contributed by atoms with Gasteiger partial charge in [-0.3, -0.25) is 0 Å². The molecule has 100 valence electrons. The van der Waals surface area contributed by atoms with Crippen molar-refractivity contribution in [3.8, 4) is 0 Å². The lowest BCUT2D eigenvalue weighted by Crippen LogP contribution is -2.06. The number of carboxylic acids is 1. The number of carboxylic acid groups (broad SMARTS) is 1. The standard InChI is InChI=1S/C13H13ClN2O3/c1-7-8(2)19-12(16-7)6-15-11-4-3-9(14)5-10(11)13(17)18/h3-5,15H,6H2,1-2H3,(H,17,18). The molecule has 0 amide bonds. The van der Waals surface area contributed by atoms with Crippen molar-refractivity contribution >= 4 is 23.3 Å². The summed E-state index contributed by atoms with van der Waals surface area (Å²) in [5, 5.41) is 12.5. The van der Waals surface area contributed by atoms with E-state index in [9.17, 15) is 4.79 Å². The van der Waals surface area contributed by atoms with E-state index in [1.807, 2.05) is 13.8 Å². The van der Waals surface area contributed by atoms with Crippen LogP contribution in [-0.4, -0.2) is 16.1 Å². The molecule has 2 N–H and O–H groups in total. The van der Waals surface area contributed by atoms with Gasteiger partial charge in [0.25, 0.3) is 0 Å². The molecule has 2 aromatic rings. The van der Waals surface area contributed by atoms with E-state index in [0.717, 1.165) is 11.5 Å². The van der Waals surface area contributed by atoms with Gasteiger partial charge in [-0.15, -0.1) is 0 Å². The number of aromatic carboxylic acids is 1. The minimum absolute atomic E-state index is 0.118. The molecule has 5 nitrogen and oxygen atoms in total. The fourth-order valence-corrected chi connectivity index (χ4v) is 1.81.